The van der Waals surface area contributed by atoms with Crippen molar-refractivity contribution in [1.29, 1.82) is 0 Å². The first-order chi connectivity index (χ1) is 21.8. The van der Waals surface area contributed by atoms with Crippen molar-refractivity contribution in [2.24, 2.45) is 4.99 Å². The molecule has 44 heavy (non-hydrogen) atoms. The molecular weight excluding hydrogens is 538 g/mol. The Kier molecular flexibility index (Phi) is 5.83. The number of aliphatic imine (C=N–C) groups is 1. The van der Waals surface area contributed by atoms with Gasteiger partial charge in [0.2, 0.25) is 5.96 Å². The lowest BCUT2D eigenvalue weighted by Gasteiger charge is -2.40. The highest BCUT2D eigenvalue weighted by Gasteiger charge is 2.27. The van der Waals surface area contributed by atoms with Crippen LogP contribution in [0.4, 0.5) is 5.82 Å². The van der Waals surface area contributed by atoms with Crippen LogP contribution in [0.3, 0.4) is 0 Å². The van der Waals surface area contributed by atoms with Gasteiger partial charge in [0, 0.05) is 42.5 Å². The van der Waals surface area contributed by atoms with Crippen molar-refractivity contribution in [1.82, 2.24) is 14.9 Å². The van der Waals surface area contributed by atoms with Gasteiger partial charge in [0.05, 0.1) is 16.7 Å². The minimum atomic E-state index is 0.886. The van der Waals surface area contributed by atoms with Crippen LogP contribution in [0, 0.1) is 0 Å². The number of anilines is 1. The van der Waals surface area contributed by atoms with E-state index in [4.69, 9.17) is 15.0 Å². The van der Waals surface area contributed by atoms with Gasteiger partial charge < -0.3 is 4.90 Å². The first kappa shape index (κ1) is 25.2. The number of rotatable bonds is 3. The van der Waals surface area contributed by atoms with Crippen molar-refractivity contribution in [2.75, 3.05) is 31.1 Å². The molecule has 0 N–H and O–H groups in total. The van der Waals surface area contributed by atoms with Crippen molar-refractivity contribution in [3.8, 4) is 22.4 Å². The third kappa shape index (κ3) is 4.11. The quantitative estimate of drug-likeness (QED) is 0.200. The van der Waals surface area contributed by atoms with Gasteiger partial charge in [0.1, 0.15) is 5.82 Å². The molecule has 0 aliphatic carbocycles. The van der Waals surface area contributed by atoms with Gasteiger partial charge in [0.25, 0.3) is 0 Å². The number of nitrogens with zero attached hydrogens (tertiary/aromatic N) is 5. The minimum absolute atomic E-state index is 0.886. The monoisotopic (exact) mass is 569 g/mol. The minimum Gasteiger partial charge on any atom is -0.342 e. The topological polar surface area (TPSA) is 44.6 Å². The lowest BCUT2D eigenvalue weighted by atomic mass is 9.92. The molecule has 1 fully saturated rings. The Balaban J connectivity index is 1.18. The summed E-state index contributed by atoms with van der Waals surface area (Å²) in [4.78, 5) is 20.2. The molecule has 9 rings (SSSR count). The predicted molar refractivity (Wildman–Crippen MR) is 183 cm³/mol. The van der Waals surface area contributed by atoms with Crippen molar-refractivity contribution in [3.05, 3.63) is 115 Å². The molecular formula is C39H31N5. The molecule has 5 nitrogen and oxygen atoms in total. The van der Waals surface area contributed by atoms with Gasteiger partial charge in [-0.1, -0.05) is 91.0 Å². The fourth-order valence-corrected chi connectivity index (χ4v) is 7.03. The van der Waals surface area contributed by atoms with E-state index in [-0.39, 0.29) is 0 Å². The van der Waals surface area contributed by atoms with E-state index in [1.165, 1.54) is 32.7 Å². The summed E-state index contributed by atoms with van der Waals surface area (Å²) in [6.45, 7) is 3.97. The third-order valence-electron chi connectivity index (χ3n) is 9.22. The predicted octanol–water partition coefficient (Wildman–Crippen LogP) is 8.70. The number of aromatic nitrogens is 2. The van der Waals surface area contributed by atoms with Crippen molar-refractivity contribution >= 4 is 55.1 Å². The van der Waals surface area contributed by atoms with Crippen LogP contribution < -0.4 is 4.90 Å². The van der Waals surface area contributed by atoms with E-state index < -0.39 is 0 Å². The average molecular weight is 570 g/mol. The van der Waals surface area contributed by atoms with Gasteiger partial charge in [-0.3, -0.25) is 9.89 Å². The second-order valence-electron chi connectivity index (χ2n) is 11.9. The van der Waals surface area contributed by atoms with Gasteiger partial charge in [0.15, 0.2) is 0 Å². The normalized spacial score (nSPS) is 15.2. The Hall–Kier alpha value is -5.29. The van der Waals surface area contributed by atoms with Crippen LogP contribution >= 0.6 is 0 Å². The number of guanidine groups is 1. The second-order valence-corrected chi connectivity index (χ2v) is 11.9. The van der Waals surface area contributed by atoms with Crippen LogP contribution in [0.5, 0.6) is 0 Å². The molecule has 0 bridgehead atoms. The lowest BCUT2D eigenvalue weighted by Crippen LogP contribution is -2.52. The summed E-state index contributed by atoms with van der Waals surface area (Å²) < 4.78 is 0. The SMILES string of the molecule is c1ccc2cc(-c3ccc(-c4ccc5ccc6ccc(N7CCCN8CCCN=C87)nc6c5n4)c4ccccc34)ccc2c1. The molecule has 0 radical (unpaired) electrons. The fraction of sp³-hybridized carbons (Fsp3) is 0.154. The summed E-state index contributed by atoms with van der Waals surface area (Å²) >= 11 is 0. The summed E-state index contributed by atoms with van der Waals surface area (Å²) in [5.74, 6) is 2.02. The largest absolute Gasteiger partial charge is 0.342 e. The maximum absolute atomic E-state index is 5.31. The highest BCUT2D eigenvalue weighted by molar-refractivity contribution is 6.08. The maximum atomic E-state index is 5.31. The van der Waals surface area contributed by atoms with Crippen molar-refractivity contribution in [2.45, 2.75) is 12.8 Å². The molecule has 1 saturated heterocycles. The molecule has 5 heteroatoms. The van der Waals surface area contributed by atoms with E-state index in [1.807, 2.05) is 0 Å². The number of benzene rings is 5. The Labute approximate surface area is 256 Å². The first-order valence-electron chi connectivity index (χ1n) is 15.6. The summed E-state index contributed by atoms with van der Waals surface area (Å²) in [7, 11) is 0. The molecule has 0 unspecified atom stereocenters. The zero-order valence-electron chi connectivity index (χ0n) is 24.4. The Morgan fingerprint density at radius 3 is 2.09 bits per heavy atom. The van der Waals surface area contributed by atoms with Gasteiger partial charge in [-0.15, -0.1) is 0 Å². The highest BCUT2D eigenvalue weighted by atomic mass is 15.4. The number of hydrogen-bond acceptors (Lipinski definition) is 5. The summed E-state index contributed by atoms with van der Waals surface area (Å²) in [5, 5.41) is 7.12. The fourth-order valence-electron chi connectivity index (χ4n) is 7.03. The van der Waals surface area contributed by atoms with E-state index in [0.29, 0.717) is 0 Å². The molecule has 2 aliphatic heterocycles. The third-order valence-corrected chi connectivity index (χ3v) is 9.22. The summed E-state index contributed by atoms with van der Waals surface area (Å²) in [5.41, 5.74) is 6.41. The Morgan fingerprint density at radius 1 is 0.523 bits per heavy atom. The van der Waals surface area contributed by atoms with Crippen LogP contribution in [0.2, 0.25) is 0 Å². The van der Waals surface area contributed by atoms with Crippen LogP contribution in [-0.4, -0.2) is 47.0 Å². The molecule has 4 heterocycles. The van der Waals surface area contributed by atoms with Crippen LogP contribution in [0.25, 0.3) is 65.7 Å². The molecule has 0 saturated carbocycles. The number of fused-ring (bicyclic) bond motifs is 6. The van der Waals surface area contributed by atoms with Crippen LogP contribution in [0.15, 0.2) is 120 Å². The average Bonchev–Trinajstić information content (AvgIpc) is 3.10. The lowest BCUT2D eigenvalue weighted by molar-refractivity contribution is 0.359. The van der Waals surface area contributed by atoms with Crippen molar-refractivity contribution in [3.63, 3.8) is 0 Å². The summed E-state index contributed by atoms with van der Waals surface area (Å²) in [6.07, 6.45) is 2.23. The highest BCUT2D eigenvalue weighted by Crippen LogP contribution is 2.37. The van der Waals surface area contributed by atoms with Crippen LogP contribution in [0.1, 0.15) is 12.8 Å². The van der Waals surface area contributed by atoms with Crippen LogP contribution in [-0.2, 0) is 0 Å². The van der Waals surface area contributed by atoms with Gasteiger partial charge in [-0.25, -0.2) is 9.97 Å². The Bertz CT molecular complexity index is 2270. The van der Waals surface area contributed by atoms with Gasteiger partial charge in [-0.05, 0) is 69.8 Å². The molecule has 5 aromatic carbocycles. The molecule has 2 aliphatic rings. The molecule has 7 aromatic rings. The second kappa shape index (κ2) is 10.2. The smallest absolute Gasteiger partial charge is 0.202 e. The maximum Gasteiger partial charge on any atom is 0.202 e. The number of pyridine rings is 2. The molecule has 0 atom stereocenters. The van der Waals surface area contributed by atoms with E-state index in [0.717, 1.165) is 83.9 Å². The zero-order valence-corrected chi connectivity index (χ0v) is 24.4. The zero-order chi connectivity index (χ0) is 29.0. The number of hydrogen-bond donors (Lipinski definition) is 0. The van der Waals surface area contributed by atoms with Gasteiger partial charge in [-0.2, -0.15) is 0 Å². The molecule has 212 valence electrons. The molecule has 0 spiro atoms. The summed E-state index contributed by atoms with van der Waals surface area (Å²) in [6, 6.07) is 41.4. The van der Waals surface area contributed by atoms with E-state index in [2.05, 4.69) is 125 Å². The van der Waals surface area contributed by atoms with E-state index in [9.17, 15) is 0 Å². The Morgan fingerprint density at radius 2 is 1.20 bits per heavy atom. The first-order valence-corrected chi connectivity index (χ1v) is 15.6. The molecule has 2 aromatic heterocycles. The standard InChI is InChI=1S/C39H31N5/c1-2-8-29-25-30(14-11-26(29)7-1)31-17-18-34(33-10-4-3-9-32(31)33)35-19-15-27-12-13-28-16-20-36(42-38(28)37(27)41-35)44-24-6-23-43-22-5-21-40-39(43)44/h1-4,7-20,25H,5-6,21-24H2. The molecule has 0 amide bonds. The van der Waals surface area contributed by atoms with E-state index in [1.54, 1.807) is 0 Å². The van der Waals surface area contributed by atoms with Crippen molar-refractivity contribution < 1.29 is 0 Å². The van der Waals surface area contributed by atoms with Gasteiger partial charge >= 0.3 is 0 Å². The van der Waals surface area contributed by atoms with E-state index >= 15 is 0 Å².